The summed E-state index contributed by atoms with van der Waals surface area (Å²) in [6, 6.07) is 15.4. The van der Waals surface area contributed by atoms with Gasteiger partial charge in [-0.1, -0.05) is 25.1 Å². The predicted molar refractivity (Wildman–Crippen MR) is 122 cm³/mol. The molecule has 3 aromatic carbocycles. The Morgan fingerprint density at radius 3 is 2.55 bits per heavy atom. The van der Waals surface area contributed by atoms with Crippen molar-refractivity contribution in [1.82, 2.24) is 4.90 Å². The van der Waals surface area contributed by atoms with Gasteiger partial charge in [-0.2, -0.15) is 0 Å². The molecule has 3 aromatic rings. The number of carbonyl (C=O) groups is 1. The van der Waals surface area contributed by atoms with Gasteiger partial charge in [0.2, 0.25) is 0 Å². The maximum atomic E-state index is 14.6. The zero-order chi connectivity index (χ0) is 22.1. The van der Waals surface area contributed by atoms with Gasteiger partial charge in [0.25, 0.3) is 5.91 Å². The molecule has 0 spiro atoms. The van der Waals surface area contributed by atoms with Crippen molar-refractivity contribution in [3.8, 4) is 16.9 Å². The first-order chi connectivity index (χ1) is 14.9. The summed E-state index contributed by atoms with van der Waals surface area (Å²) in [6.45, 7) is 6.83. The van der Waals surface area contributed by atoms with Gasteiger partial charge in [-0.3, -0.25) is 4.79 Å². The van der Waals surface area contributed by atoms with E-state index in [4.69, 9.17) is 10.5 Å². The number of nitrogens with zero attached hydrogens (tertiary/aromatic N) is 1. The third kappa shape index (κ3) is 4.00. The minimum atomic E-state index is -0.291. The van der Waals surface area contributed by atoms with Crippen LogP contribution in [0, 0.1) is 19.7 Å². The van der Waals surface area contributed by atoms with Crippen LogP contribution in [0.5, 0.6) is 5.75 Å². The van der Waals surface area contributed by atoms with Crippen molar-refractivity contribution in [3.05, 3.63) is 82.2 Å². The van der Waals surface area contributed by atoms with Crippen LogP contribution < -0.4 is 10.5 Å². The van der Waals surface area contributed by atoms with E-state index in [2.05, 4.69) is 12.1 Å². The van der Waals surface area contributed by atoms with Crippen molar-refractivity contribution in [3.63, 3.8) is 0 Å². The first kappa shape index (κ1) is 20.9. The minimum absolute atomic E-state index is 0.166. The zero-order valence-corrected chi connectivity index (χ0v) is 18.2. The van der Waals surface area contributed by atoms with Crippen molar-refractivity contribution in [1.29, 1.82) is 0 Å². The molecule has 0 saturated heterocycles. The lowest BCUT2D eigenvalue weighted by atomic mass is 9.99. The van der Waals surface area contributed by atoms with E-state index >= 15 is 0 Å². The Hall–Kier alpha value is -3.34. The lowest BCUT2D eigenvalue weighted by molar-refractivity contribution is 0.0731. The lowest BCUT2D eigenvalue weighted by Gasteiger charge is -2.22. The van der Waals surface area contributed by atoms with Gasteiger partial charge in [0, 0.05) is 28.9 Å². The molecule has 1 aliphatic rings. The van der Waals surface area contributed by atoms with E-state index in [1.165, 1.54) is 0 Å². The van der Waals surface area contributed by atoms with Gasteiger partial charge in [0.1, 0.15) is 18.2 Å². The highest BCUT2D eigenvalue weighted by Crippen LogP contribution is 2.31. The molecule has 160 valence electrons. The molecule has 0 unspecified atom stereocenters. The molecular formula is C26H27FN2O2. The normalized spacial score (nSPS) is 13.4. The predicted octanol–water partition coefficient (Wildman–Crippen LogP) is 5.29. The molecule has 5 heteroatoms. The number of carbonyl (C=O) groups excluding carboxylic acids is 1. The summed E-state index contributed by atoms with van der Waals surface area (Å²) < 4.78 is 20.5. The monoisotopic (exact) mass is 418 g/mol. The third-order valence-corrected chi connectivity index (χ3v) is 5.95. The topological polar surface area (TPSA) is 55.6 Å². The van der Waals surface area contributed by atoms with Crippen LogP contribution in [0.4, 0.5) is 10.1 Å². The standard InChI is InChI=1S/C26H27FN2O2/c1-4-21-22(8-5-16(2)25(21)27)26(30)29-11-12-31-24-10-7-19(14-20(24)15-29)18-6-9-23(28)17(3)13-18/h5-10,13-14H,4,11-12,15,28H2,1-3H3. The first-order valence-electron chi connectivity index (χ1n) is 10.6. The van der Waals surface area contributed by atoms with Gasteiger partial charge in [-0.25, -0.2) is 4.39 Å². The Balaban J connectivity index is 1.67. The van der Waals surface area contributed by atoms with Crippen LogP contribution in [0.3, 0.4) is 0 Å². The fourth-order valence-corrected chi connectivity index (χ4v) is 4.06. The summed E-state index contributed by atoms with van der Waals surface area (Å²) in [7, 11) is 0. The quantitative estimate of drug-likeness (QED) is 0.588. The Morgan fingerprint density at radius 1 is 1.06 bits per heavy atom. The molecule has 1 amide bonds. The van der Waals surface area contributed by atoms with E-state index < -0.39 is 0 Å². The number of amides is 1. The molecule has 2 N–H and O–H groups in total. The van der Waals surface area contributed by atoms with Crippen molar-refractivity contribution in [2.45, 2.75) is 33.7 Å². The highest BCUT2D eigenvalue weighted by atomic mass is 19.1. The number of hydrogen-bond acceptors (Lipinski definition) is 3. The average Bonchev–Trinajstić information content (AvgIpc) is 2.98. The molecule has 0 fully saturated rings. The van der Waals surface area contributed by atoms with Crippen LogP contribution >= 0.6 is 0 Å². The van der Waals surface area contributed by atoms with Crippen LogP contribution in [-0.2, 0) is 13.0 Å². The Morgan fingerprint density at radius 2 is 1.81 bits per heavy atom. The van der Waals surface area contributed by atoms with Crippen LogP contribution in [-0.4, -0.2) is 24.0 Å². The summed E-state index contributed by atoms with van der Waals surface area (Å²) >= 11 is 0. The zero-order valence-electron chi connectivity index (χ0n) is 18.2. The van der Waals surface area contributed by atoms with Gasteiger partial charge in [0.15, 0.2) is 0 Å². The van der Waals surface area contributed by atoms with Crippen LogP contribution in [0.25, 0.3) is 11.1 Å². The van der Waals surface area contributed by atoms with Crippen molar-refractivity contribution in [2.24, 2.45) is 0 Å². The fourth-order valence-electron chi connectivity index (χ4n) is 4.06. The smallest absolute Gasteiger partial charge is 0.254 e. The fraction of sp³-hybridized carbons (Fsp3) is 0.269. The van der Waals surface area contributed by atoms with Crippen molar-refractivity contribution in [2.75, 3.05) is 18.9 Å². The molecule has 0 bridgehead atoms. The number of hydrogen-bond donors (Lipinski definition) is 1. The van der Waals surface area contributed by atoms with Crippen LogP contribution in [0.1, 0.15) is 39.5 Å². The molecular weight excluding hydrogens is 391 g/mol. The maximum Gasteiger partial charge on any atom is 0.254 e. The van der Waals surface area contributed by atoms with Gasteiger partial charge in [0.05, 0.1) is 6.54 Å². The molecule has 0 aliphatic carbocycles. The minimum Gasteiger partial charge on any atom is -0.491 e. The molecule has 31 heavy (non-hydrogen) atoms. The van der Waals surface area contributed by atoms with Gasteiger partial charge in [-0.05, 0) is 72.9 Å². The molecule has 0 radical (unpaired) electrons. The SMILES string of the molecule is CCc1c(C(=O)N2CCOc3ccc(-c4ccc(N)c(C)c4)cc3C2)ccc(C)c1F. The second-order valence-electron chi connectivity index (χ2n) is 8.05. The molecule has 0 atom stereocenters. The summed E-state index contributed by atoms with van der Waals surface area (Å²) in [5, 5.41) is 0. The highest BCUT2D eigenvalue weighted by Gasteiger charge is 2.24. The van der Waals surface area contributed by atoms with E-state index in [1.54, 1.807) is 24.0 Å². The number of rotatable bonds is 3. The average molecular weight is 419 g/mol. The lowest BCUT2D eigenvalue weighted by Crippen LogP contribution is -2.33. The third-order valence-electron chi connectivity index (χ3n) is 5.95. The van der Waals surface area contributed by atoms with E-state index in [-0.39, 0.29) is 11.7 Å². The molecule has 4 rings (SSSR count). The molecule has 4 nitrogen and oxygen atoms in total. The second kappa shape index (κ2) is 8.42. The van der Waals surface area contributed by atoms with Gasteiger partial charge < -0.3 is 15.4 Å². The Kier molecular flexibility index (Phi) is 5.68. The Bertz CT molecular complexity index is 1160. The molecule has 0 saturated carbocycles. The number of nitrogens with two attached hydrogens (primary N) is 1. The van der Waals surface area contributed by atoms with Gasteiger partial charge >= 0.3 is 0 Å². The molecule has 0 aromatic heterocycles. The number of benzene rings is 3. The first-order valence-corrected chi connectivity index (χ1v) is 10.6. The number of ether oxygens (including phenoxy) is 1. The van der Waals surface area contributed by atoms with Crippen molar-refractivity contribution < 1.29 is 13.9 Å². The largest absolute Gasteiger partial charge is 0.491 e. The number of nitrogen functional groups attached to an aromatic ring is 1. The van der Waals surface area contributed by atoms with E-state index in [0.29, 0.717) is 42.8 Å². The maximum absolute atomic E-state index is 14.6. The van der Waals surface area contributed by atoms with Crippen molar-refractivity contribution >= 4 is 11.6 Å². The van der Waals surface area contributed by atoms with E-state index in [1.807, 2.05) is 38.1 Å². The van der Waals surface area contributed by atoms with Crippen LogP contribution in [0.15, 0.2) is 48.5 Å². The summed E-state index contributed by atoms with van der Waals surface area (Å²) in [4.78, 5) is 15.1. The summed E-state index contributed by atoms with van der Waals surface area (Å²) in [6.07, 6.45) is 0.468. The number of halogens is 1. The summed E-state index contributed by atoms with van der Waals surface area (Å²) in [5.41, 5.74) is 12.2. The molecule has 1 aliphatic heterocycles. The van der Waals surface area contributed by atoms with E-state index in [9.17, 15) is 9.18 Å². The second-order valence-corrected chi connectivity index (χ2v) is 8.05. The van der Waals surface area contributed by atoms with Crippen LogP contribution in [0.2, 0.25) is 0 Å². The van der Waals surface area contributed by atoms with E-state index in [0.717, 1.165) is 33.7 Å². The summed E-state index contributed by atoms with van der Waals surface area (Å²) in [5.74, 6) is 0.318. The number of fused-ring (bicyclic) bond motifs is 1. The highest BCUT2D eigenvalue weighted by molar-refractivity contribution is 5.96. The Labute approximate surface area is 182 Å². The van der Waals surface area contributed by atoms with Gasteiger partial charge in [-0.15, -0.1) is 0 Å². The number of anilines is 1. The number of aryl methyl sites for hydroxylation is 2. The molecule has 1 heterocycles.